The molecule has 0 amide bonds. The SMILES string of the molecule is CC.O=c1cc(-c2ccccn2)n2ncnc2[nH]1. The van der Waals surface area contributed by atoms with Crippen molar-refractivity contribution in [1.29, 1.82) is 0 Å². The monoisotopic (exact) mass is 243 g/mol. The van der Waals surface area contributed by atoms with Gasteiger partial charge in [0, 0.05) is 12.3 Å². The molecule has 0 unspecified atom stereocenters. The van der Waals surface area contributed by atoms with Gasteiger partial charge in [-0.05, 0) is 12.1 Å². The Kier molecular flexibility index (Phi) is 3.47. The minimum Gasteiger partial charge on any atom is -0.291 e. The van der Waals surface area contributed by atoms with Crippen molar-refractivity contribution in [2.45, 2.75) is 13.8 Å². The molecular formula is C12H13N5O. The molecule has 0 aliphatic carbocycles. The van der Waals surface area contributed by atoms with Crippen molar-refractivity contribution in [2.24, 2.45) is 0 Å². The summed E-state index contributed by atoms with van der Waals surface area (Å²) in [5, 5.41) is 4.03. The van der Waals surface area contributed by atoms with E-state index in [1.807, 2.05) is 32.0 Å². The molecule has 0 aliphatic rings. The van der Waals surface area contributed by atoms with Crippen LogP contribution in [-0.2, 0) is 0 Å². The first-order valence-corrected chi connectivity index (χ1v) is 5.69. The van der Waals surface area contributed by atoms with Gasteiger partial charge in [0.1, 0.15) is 6.33 Å². The van der Waals surface area contributed by atoms with E-state index in [0.717, 1.165) is 0 Å². The van der Waals surface area contributed by atoms with Gasteiger partial charge in [-0.15, -0.1) is 0 Å². The Morgan fingerprint density at radius 1 is 1.22 bits per heavy atom. The Hall–Kier alpha value is -2.50. The fraction of sp³-hybridized carbons (Fsp3) is 0.167. The van der Waals surface area contributed by atoms with Crippen molar-refractivity contribution in [3.63, 3.8) is 0 Å². The molecule has 0 spiro atoms. The van der Waals surface area contributed by atoms with Crippen molar-refractivity contribution in [3.05, 3.63) is 47.1 Å². The molecule has 1 N–H and O–H groups in total. The Morgan fingerprint density at radius 3 is 2.78 bits per heavy atom. The molecule has 3 rings (SSSR count). The van der Waals surface area contributed by atoms with Crippen LogP contribution in [0.5, 0.6) is 0 Å². The summed E-state index contributed by atoms with van der Waals surface area (Å²) >= 11 is 0. The highest BCUT2D eigenvalue weighted by atomic mass is 16.1. The molecule has 3 aromatic rings. The molecule has 3 aromatic heterocycles. The van der Waals surface area contributed by atoms with Gasteiger partial charge in [-0.2, -0.15) is 14.6 Å². The molecule has 0 fully saturated rings. The molecule has 92 valence electrons. The maximum absolute atomic E-state index is 11.4. The molecule has 6 heteroatoms. The van der Waals surface area contributed by atoms with E-state index in [9.17, 15) is 4.79 Å². The number of hydrogen-bond donors (Lipinski definition) is 1. The maximum Gasteiger partial charge on any atom is 0.252 e. The normalized spacial score (nSPS) is 9.89. The number of rotatable bonds is 1. The van der Waals surface area contributed by atoms with E-state index in [2.05, 4.69) is 20.1 Å². The lowest BCUT2D eigenvalue weighted by Gasteiger charge is -2.01. The van der Waals surface area contributed by atoms with E-state index in [1.54, 1.807) is 10.7 Å². The van der Waals surface area contributed by atoms with Crippen LogP contribution in [0.3, 0.4) is 0 Å². The minimum atomic E-state index is -0.221. The first-order chi connectivity index (χ1) is 8.84. The fourth-order valence-corrected chi connectivity index (χ4v) is 1.53. The lowest BCUT2D eigenvalue weighted by Crippen LogP contribution is -2.10. The molecular weight excluding hydrogens is 230 g/mol. The summed E-state index contributed by atoms with van der Waals surface area (Å²) < 4.78 is 1.55. The van der Waals surface area contributed by atoms with Crippen LogP contribution in [0.1, 0.15) is 13.8 Å². The Bertz CT molecular complexity index is 686. The highest BCUT2D eigenvalue weighted by molar-refractivity contribution is 5.56. The standard InChI is InChI=1S/C10H7N5O.C2H6/c16-9-5-8(7-3-1-2-4-11-7)15-10(14-9)12-6-13-15;1-2/h1-6H,(H,12,13,14,16);1-2H3. The van der Waals surface area contributed by atoms with Gasteiger partial charge in [0.15, 0.2) is 0 Å². The van der Waals surface area contributed by atoms with Gasteiger partial charge < -0.3 is 0 Å². The largest absolute Gasteiger partial charge is 0.291 e. The van der Waals surface area contributed by atoms with Crippen LogP contribution < -0.4 is 5.56 Å². The number of nitrogens with one attached hydrogen (secondary N) is 1. The van der Waals surface area contributed by atoms with Gasteiger partial charge in [-0.25, -0.2) is 0 Å². The Morgan fingerprint density at radius 2 is 2.06 bits per heavy atom. The van der Waals surface area contributed by atoms with Gasteiger partial charge in [-0.1, -0.05) is 19.9 Å². The summed E-state index contributed by atoms with van der Waals surface area (Å²) in [6.07, 6.45) is 3.05. The lowest BCUT2D eigenvalue weighted by atomic mass is 10.2. The second-order valence-electron chi connectivity index (χ2n) is 3.23. The van der Waals surface area contributed by atoms with Crippen molar-refractivity contribution in [1.82, 2.24) is 24.6 Å². The third-order valence-electron chi connectivity index (χ3n) is 2.21. The molecule has 6 nitrogen and oxygen atoms in total. The topological polar surface area (TPSA) is 75.9 Å². The summed E-state index contributed by atoms with van der Waals surface area (Å²) in [6.45, 7) is 4.00. The second-order valence-corrected chi connectivity index (χ2v) is 3.23. The first kappa shape index (κ1) is 12.0. The van der Waals surface area contributed by atoms with Crippen LogP contribution in [0.4, 0.5) is 0 Å². The molecule has 0 radical (unpaired) electrons. The number of nitrogens with zero attached hydrogens (tertiary/aromatic N) is 4. The van der Waals surface area contributed by atoms with E-state index in [4.69, 9.17) is 0 Å². The lowest BCUT2D eigenvalue weighted by molar-refractivity contribution is 0.933. The third kappa shape index (κ3) is 2.13. The van der Waals surface area contributed by atoms with E-state index in [-0.39, 0.29) is 5.56 Å². The van der Waals surface area contributed by atoms with Crippen LogP contribution in [-0.4, -0.2) is 24.6 Å². The average molecular weight is 243 g/mol. The number of fused-ring (bicyclic) bond motifs is 1. The van der Waals surface area contributed by atoms with Crippen molar-refractivity contribution in [3.8, 4) is 11.4 Å². The molecule has 0 saturated carbocycles. The zero-order valence-electron chi connectivity index (χ0n) is 10.2. The van der Waals surface area contributed by atoms with E-state index in [1.165, 1.54) is 12.4 Å². The predicted molar refractivity (Wildman–Crippen MR) is 68.2 cm³/mol. The molecule has 0 atom stereocenters. The third-order valence-corrected chi connectivity index (χ3v) is 2.21. The van der Waals surface area contributed by atoms with E-state index >= 15 is 0 Å². The number of pyridine rings is 1. The number of aromatic amines is 1. The van der Waals surface area contributed by atoms with Crippen LogP contribution >= 0.6 is 0 Å². The van der Waals surface area contributed by atoms with Gasteiger partial charge in [0.2, 0.25) is 5.78 Å². The number of hydrogen-bond acceptors (Lipinski definition) is 4. The van der Waals surface area contributed by atoms with Gasteiger partial charge >= 0.3 is 0 Å². The molecule has 0 aliphatic heterocycles. The highest BCUT2D eigenvalue weighted by Gasteiger charge is 2.07. The highest BCUT2D eigenvalue weighted by Crippen LogP contribution is 2.13. The first-order valence-electron chi connectivity index (χ1n) is 5.69. The summed E-state index contributed by atoms with van der Waals surface area (Å²) in [4.78, 5) is 22.1. The summed E-state index contributed by atoms with van der Waals surface area (Å²) in [7, 11) is 0. The van der Waals surface area contributed by atoms with Crippen molar-refractivity contribution >= 4 is 5.78 Å². The van der Waals surface area contributed by atoms with Gasteiger partial charge in [0.25, 0.3) is 5.56 Å². The van der Waals surface area contributed by atoms with E-state index < -0.39 is 0 Å². The molecule has 18 heavy (non-hydrogen) atoms. The van der Waals surface area contributed by atoms with Crippen LogP contribution in [0, 0.1) is 0 Å². The summed E-state index contributed by atoms with van der Waals surface area (Å²) in [5.74, 6) is 0.410. The van der Waals surface area contributed by atoms with Gasteiger partial charge in [0.05, 0.1) is 11.4 Å². The van der Waals surface area contributed by atoms with E-state index in [0.29, 0.717) is 17.2 Å². The van der Waals surface area contributed by atoms with Crippen molar-refractivity contribution < 1.29 is 0 Å². The minimum absolute atomic E-state index is 0.221. The van der Waals surface area contributed by atoms with Crippen molar-refractivity contribution in [2.75, 3.05) is 0 Å². The zero-order valence-corrected chi connectivity index (χ0v) is 10.2. The molecule has 0 saturated heterocycles. The van der Waals surface area contributed by atoms with Gasteiger partial charge in [-0.3, -0.25) is 14.8 Å². The fourth-order valence-electron chi connectivity index (χ4n) is 1.53. The van der Waals surface area contributed by atoms with Crippen LogP contribution in [0.15, 0.2) is 41.6 Å². The summed E-state index contributed by atoms with van der Waals surface area (Å²) in [6, 6.07) is 6.93. The second kappa shape index (κ2) is 5.22. The van der Waals surface area contributed by atoms with Crippen LogP contribution in [0.25, 0.3) is 17.2 Å². The maximum atomic E-state index is 11.4. The number of H-pyrrole nitrogens is 1. The Labute approximate surface area is 103 Å². The zero-order chi connectivity index (χ0) is 13.0. The summed E-state index contributed by atoms with van der Waals surface area (Å²) in [5.41, 5.74) is 1.09. The molecule has 0 bridgehead atoms. The predicted octanol–water partition coefficient (Wildman–Crippen LogP) is 1.51. The quantitative estimate of drug-likeness (QED) is 0.702. The number of aromatic nitrogens is 5. The van der Waals surface area contributed by atoms with Crippen LogP contribution in [0.2, 0.25) is 0 Å². The smallest absolute Gasteiger partial charge is 0.252 e. The molecule has 0 aromatic carbocycles. The Balaban J connectivity index is 0.000000574. The molecule has 3 heterocycles. The average Bonchev–Trinajstić information content (AvgIpc) is 2.89.